The summed E-state index contributed by atoms with van der Waals surface area (Å²) in [6.45, 7) is 3.63. The lowest BCUT2D eigenvalue weighted by atomic mass is 10.1. The van der Waals surface area contributed by atoms with Crippen molar-refractivity contribution in [3.05, 3.63) is 42.5 Å². The van der Waals surface area contributed by atoms with E-state index in [1.807, 2.05) is 0 Å². The number of benzene rings is 2. The van der Waals surface area contributed by atoms with Crippen molar-refractivity contribution in [1.29, 1.82) is 0 Å². The Morgan fingerprint density at radius 3 is 2.05 bits per heavy atom. The van der Waals surface area contributed by atoms with Gasteiger partial charge >= 0.3 is 0 Å². The predicted octanol–water partition coefficient (Wildman–Crippen LogP) is 4.11. The highest BCUT2D eigenvalue weighted by Crippen LogP contribution is 2.31. The third-order valence-electron chi connectivity index (χ3n) is 6.74. The molecule has 0 amide bonds. The molecule has 11 nitrogen and oxygen atoms in total. The number of methoxy groups -OCH3 is 1. The first-order valence-corrected chi connectivity index (χ1v) is 14.4. The average Bonchev–Trinajstić information content (AvgIpc) is 2.95. The molecule has 2 aromatic carbocycles. The lowest BCUT2D eigenvalue weighted by Crippen LogP contribution is -2.34. The second kappa shape index (κ2) is 11.3. The van der Waals surface area contributed by atoms with Gasteiger partial charge in [-0.05, 0) is 62.8 Å². The SMILES string of the molecule is COc1cccc(S(=O)(=O)Nc2ccc(Nc3nc(N4CCCCC4)nc(N4CCCCC4)n3)cc2O)c1. The Kier molecular flexibility index (Phi) is 7.68. The summed E-state index contributed by atoms with van der Waals surface area (Å²) in [4.78, 5) is 18.6. The van der Waals surface area contributed by atoms with E-state index in [0.29, 0.717) is 29.3 Å². The highest BCUT2D eigenvalue weighted by molar-refractivity contribution is 7.92. The van der Waals surface area contributed by atoms with Crippen LogP contribution < -0.4 is 24.6 Å². The zero-order valence-corrected chi connectivity index (χ0v) is 22.2. The fraction of sp³-hybridized carbons (Fsp3) is 0.423. The maximum absolute atomic E-state index is 12.8. The molecular weight excluding hydrogens is 506 g/mol. The Bertz CT molecular complexity index is 1340. The molecule has 0 spiro atoms. The Morgan fingerprint density at radius 1 is 0.842 bits per heavy atom. The van der Waals surface area contributed by atoms with Crippen molar-refractivity contribution >= 4 is 39.2 Å². The van der Waals surface area contributed by atoms with Gasteiger partial charge in [-0.25, -0.2) is 8.42 Å². The van der Waals surface area contributed by atoms with Crippen LogP contribution >= 0.6 is 0 Å². The summed E-state index contributed by atoms with van der Waals surface area (Å²) >= 11 is 0. The first kappa shape index (κ1) is 25.8. The molecule has 0 atom stereocenters. The van der Waals surface area contributed by atoms with E-state index in [4.69, 9.17) is 9.72 Å². The second-order valence-corrected chi connectivity index (χ2v) is 11.2. The molecule has 5 rings (SSSR count). The minimum atomic E-state index is -3.93. The first-order chi connectivity index (χ1) is 18.4. The number of anilines is 5. The molecule has 1 aromatic heterocycles. The summed E-state index contributed by atoms with van der Waals surface area (Å²) in [6, 6.07) is 10.7. The molecule has 0 unspecified atom stereocenters. The van der Waals surface area contributed by atoms with Crippen LogP contribution in [0.4, 0.5) is 29.2 Å². The summed E-state index contributed by atoms with van der Waals surface area (Å²) in [7, 11) is -2.46. The minimum Gasteiger partial charge on any atom is -0.506 e. The molecule has 0 radical (unpaired) electrons. The van der Waals surface area contributed by atoms with Crippen molar-refractivity contribution in [2.45, 2.75) is 43.4 Å². The number of phenols is 1. The van der Waals surface area contributed by atoms with Gasteiger partial charge in [-0.1, -0.05) is 6.07 Å². The maximum atomic E-state index is 12.8. The van der Waals surface area contributed by atoms with E-state index in [1.54, 1.807) is 18.2 Å². The van der Waals surface area contributed by atoms with E-state index < -0.39 is 10.0 Å². The molecule has 3 aromatic rings. The Labute approximate surface area is 222 Å². The van der Waals surface area contributed by atoms with Gasteiger partial charge in [0.15, 0.2) is 0 Å². The summed E-state index contributed by atoms with van der Waals surface area (Å²) in [6.07, 6.45) is 6.84. The number of hydrogen-bond acceptors (Lipinski definition) is 10. The number of sulfonamides is 1. The fourth-order valence-electron chi connectivity index (χ4n) is 4.68. The van der Waals surface area contributed by atoms with Crippen LogP contribution in [0, 0.1) is 0 Å². The topological polar surface area (TPSA) is 133 Å². The van der Waals surface area contributed by atoms with Crippen LogP contribution in [0.3, 0.4) is 0 Å². The molecule has 0 aliphatic carbocycles. The second-order valence-electron chi connectivity index (χ2n) is 9.50. The predicted molar refractivity (Wildman–Crippen MR) is 147 cm³/mol. The number of ether oxygens (including phenoxy) is 1. The van der Waals surface area contributed by atoms with Crippen molar-refractivity contribution in [2.24, 2.45) is 0 Å². The average molecular weight is 540 g/mol. The van der Waals surface area contributed by atoms with Crippen LogP contribution in [-0.2, 0) is 10.0 Å². The summed E-state index contributed by atoms with van der Waals surface area (Å²) in [5, 5.41) is 13.8. The van der Waals surface area contributed by atoms with Gasteiger partial charge in [-0.2, -0.15) is 15.0 Å². The highest BCUT2D eigenvalue weighted by atomic mass is 32.2. The zero-order chi connectivity index (χ0) is 26.5. The van der Waals surface area contributed by atoms with Gasteiger partial charge in [0.05, 0.1) is 17.7 Å². The number of hydrogen-bond donors (Lipinski definition) is 3. The number of nitrogens with one attached hydrogen (secondary N) is 2. The van der Waals surface area contributed by atoms with Gasteiger partial charge in [0.2, 0.25) is 17.8 Å². The Hall–Kier alpha value is -3.80. The van der Waals surface area contributed by atoms with E-state index in [-0.39, 0.29) is 16.3 Å². The van der Waals surface area contributed by atoms with Gasteiger partial charge in [-0.3, -0.25) is 4.72 Å². The van der Waals surface area contributed by atoms with E-state index in [0.717, 1.165) is 51.9 Å². The molecule has 0 saturated carbocycles. The molecule has 2 aliphatic rings. The Morgan fingerprint density at radius 2 is 1.47 bits per heavy atom. The normalized spacial score (nSPS) is 16.2. The van der Waals surface area contributed by atoms with Crippen LogP contribution in [0.5, 0.6) is 11.5 Å². The third kappa shape index (κ3) is 6.01. The van der Waals surface area contributed by atoms with E-state index >= 15 is 0 Å². The summed E-state index contributed by atoms with van der Waals surface area (Å²) < 4.78 is 33.2. The molecule has 2 fully saturated rings. The van der Waals surface area contributed by atoms with Gasteiger partial charge < -0.3 is 25.0 Å². The third-order valence-corrected chi connectivity index (χ3v) is 8.10. The molecule has 38 heavy (non-hydrogen) atoms. The van der Waals surface area contributed by atoms with Gasteiger partial charge in [0, 0.05) is 44.0 Å². The van der Waals surface area contributed by atoms with E-state index in [2.05, 4.69) is 29.8 Å². The van der Waals surface area contributed by atoms with E-state index in [1.165, 1.54) is 44.2 Å². The molecule has 12 heteroatoms. The first-order valence-electron chi connectivity index (χ1n) is 12.9. The summed E-state index contributed by atoms with van der Waals surface area (Å²) in [5.74, 6) is 1.86. The van der Waals surface area contributed by atoms with Crippen LogP contribution in [0.2, 0.25) is 0 Å². The van der Waals surface area contributed by atoms with E-state index in [9.17, 15) is 13.5 Å². The molecule has 3 N–H and O–H groups in total. The number of phenolic OH excluding ortho intramolecular Hbond substituents is 1. The molecule has 3 heterocycles. The van der Waals surface area contributed by atoms with Gasteiger partial charge in [-0.15, -0.1) is 0 Å². The molecule has 0 bridgehead atoms. The van der Waals surface area contributed by atoms with Crippen LogP contribution in [0.15, 0.2) is 47.4 Å². The standard InChI is InChI=1S/C26H33N7O4S/c1-37-20-9-8-10-21(18-20)38(35,36)31-22-12-11-19(17-23(22)34)27-24-28-25(32-13-4-2-5-14-32)30-26(29-24)33-15-6-3-7-16-33/h8-12,17-18,31,34H,2-7,13-16H2,1H3,(H,27,28,29,30). The number of aromatic nitrogens is 3. The molecule has 2 saturated heterocycles. The monoisotopic (exact) mass is 539 g/mol. The van der Waals surface area contributed by atoms with Crippen LogP contribution in [0.1, 0.15) is 38.5 Å². The zero-order valence-electron chi connectivity index (χ0n) is 21.4. The number of nitrogens with zero attached hydrogens (tertiary/aromatic N) is 5. The minimum absolute atomic E-state index is 0.0270. The molecule has 2 aliphatic heterocycles. The number of aromatic hydroxyl groups is 1. The van der Waals surface area contributed by atoms with Crippen LogP contribution in [0.25, 0.3) is 0 Å². The quantitative estimate of drug-likeness (QED) is 0.359. The largest absolute Gasteiger partial charge is 0.506 e. The lowest BCUT2D eigenvalue weighted by molar-refractivity contribution is 0.413. The van der Waals surface area contributed by atoms with Crippen molar-refractivity contribution in [3.63, 3.8) is 0 Å². The fourth-order valence-corrected chi connectivity index (χ4v) is 5.79. The Balaban J connectivity index is 1.37. The molecule has 202 valence electrons. The van der Waals surface area contributed by atoms with Gasteiger partial charge in [0.1, 0.15) is 11.5 Å². The molecular formula is C26H33N7O4S. The van der Waals surface area contributed by atoms with Crippen molar-refractivity contribution in [1.82, 2.24) is 15.0 Å². The maximum Gasteiger partial charge on any atom is 0.262 e. The number of piperidine rings is 2. The number of rotatable bonds is 8. The van der Waals surface area contributed by atoms with Gasteiger partial charge in [0.25, 0.3) is 10.0 Å². The smallest absolute Gasteiger partial charge is 0.262 e. The van der Waals surface area contributed by atoms with Crippen molar-refractivity contribution < 1.29 is 18.3 Å². The van der Waals surface area contributed by atoms with Crippen molar-refractivity contribution in [3.8, 4) is 11.5 Å². The van der Waals surface area contributed by atoms with Crippen molar-refractivity contribution in [2.75, 3.05) is 53.1 Å². The van der Waals surface area contributed by atoms with Crippen LogP contribution in [-0.4, -0.2) is 61.8 Å². The highest BCUT2D eigenvalue weighted by Gasteiger charge is 2.21. The lowest BCUT2D eigenvalue weighted by Gasteiger charge is -2.30. The summed E-state index contributed by atoms with van der Waals surface area (Å²) in [5.41, 5.74) is 0.573.